The Balaban J connectivity index is 1.80. The van der Waals surface area contributed by atoms with E-state index in [0.717, 1.165) is 29.0 Å². The van der Waals surface area contributed by atoms with Crippen molar-refractivity contribution in [3.8, 4) is 23.1 Å². The maximum Gasteiger partial charge on any atom is 0.268 e. The summed E-state index contributed by atoms with van der Waals surface area (Å²) in [4.78, 5) is 27.0. The van der Waals surface area contributed by atoms with Crippen molar-refractivity contribution in [2.75, 3.05) is 27.5 Å². The first-order valence-corrected chi connectivity index (χ1v) is 10.0. The van der Waals surface area contributed by atoms with Crippen molar-refractivity contribution < 1.29 is 29.0 Å². The van der Waals surface area contributed by atoms with Crippen LogP contribution in [0.15, 0.2) is 10.9 Å². The molecule has 4 rings (SSSR count). The van der Waals surface area contributed by atoms with Gasteiger partial charge in [0.05, 0.1) is 32.7 Å². The standard InChI is InChI=1S/C20H23N3O6S/c1-21-6-5-10-7-13-16(29-9-28-13)17(27-4)14(10)11(21)8-12(24)15-18(25)22(2)20(30)23(3)19(15)26/h7,11,25H,5-6,8-9H2,1-4H3/p+1/t11-/m0/s1. The zero-order valence-corrected chi connectivity index (χ0v) is 18.1. The van der Waals surface area contributed by atoms with Gasteiger partial charge in [0.25, 0.3) is 5.56 Å². The molecule has 160 valence electrons. The van der Waals surface area contributed by atoms with Gasteiger partial charge in [0.15, 0.2) is 22.1 Å². The van der Waals surface area contributed by atoms with Crippen LogP contribution in [0.3, 0.4) is 0 Å². The number of carbonyl (C=O) groups is 1. The summed E-state index contributed by atoms with van der Waals surface area (Å²) < 4.78 is 19.4. The highest BCUT2D eigenvalue weighted by Gasteiger charge is 2.38. The minimum atomic E-state index is -0.605. The predicted octanol–water partition coefficient (Wildman–Crippen LogP) is 0.281. The van der Waals surface area contributed by atoms with Crippen molar-refractivity contribution in [2.24, 2.45) is 14.1 Å². The molecule has 0 aliphatic carbocycles. The van der Waals surface area contributed by atoms with E-state index in [1.165, 1.54) is 23.2 Å². The minimum absolute atomic E-state index is 0.0222. The molecule has 30 heavy (non-hydrogen) atoms. The van der Waals surface area contributed by atoms with Crippen LogP contribution in [0.4, 0.5) is 0 Å². The molecule has 10 heteroatoms. The second kappa shape index (κ2) is 7.44. The Kier molecular flexibility index (Phi) is 5.07. The molecule has 2 aliphatic heterocycles. The van der Waals surface area contributed by atoms with Gasteiger partial charge in [0.1, 0.15) is 11.6 Å². The molecule has 2 aromatic rings. The van der Waals surface area contributed by atoms with Gasteiger partial charge in [-0.1, -0.05) is 0 Å². The van der Waals surface area contributed by atoms with E-state index >= 15 is 0 Å². The Hall–Kier alpha value is -2.85. The molecule has 0 amide bonds. The van der Waals surface area contributed by atoms with E-state index in [0.29, 0.717) is 17.2 Å². The van der Waals surface area contributed by atoms with Crippen LogP contribution >= 0.6 is 12.2 Å². The Bertz CT molecular complexity index is 1170. The lowest BCUT2D eigenvalue weighted by molar-refractivity contribution is -0.913. The summed E-state index contributed by atoms with van der Waals surface area (Å²) in [6, 6.07) is 1.66. The fourth-order valence-electron chi connectivity index (χ4n) is 4.26. The molecule has 0 fully saturated rings. The first-order chi connectivity index (χ1) is 14.3. The van der Waals surface area contributed by atoms with Gasteiger partial charge in [-0.25, -0.2) is 0 Å². The SMILES string of the molecule is COc1c2c(cc3c1[C@H](CC(=O)c1c(O)n(C)c(=S)n(C)c1=O)[NH+](C)CC3)OCO2. The Morgan fingerprint density at radius 3 is 2.80 bits per heavy atom. The smallest absolute Gasteiger partial charge is 0.268 e. The number of nitrogens with one attached hydrogen (secondary N) is 1. The fourth-order valence-corrected chi connectivity index (χ4v) is 4.43. The number of likely N-dealkylation sites (N-methyl/N-ethyl adjacent to an activating group) is 1. The van der Waals surface area contributed by atoms with Gasteiger partial charge in [-0.15, -0.1) is 0 Å². The predicted molar refractivity (Wildman–Crippen MR) is 109 cm³/mol. The van der Waals surface area contributed by atoms with Crippen LogP contribution in [-0.4, -0.2) is 47.5 Å². The van der Waals surface area contributed by atoms with E-state index in [1.807, 2.05) is 13.1 Å². The molecule has 0 saturated heterocycles. The Morgan fingerprint density at radius 2 is 2.10 bits per heavy atom. The van der Waals surface area contributed by atoms with Gasteiger partial charge in [-0.05, 0) is 23.8 Å². The number of fused-ring (bicyclic) bond motifs is 2. The molecule has 1 aromatic heterocycles. The van der Waals surface area contributed by atoms with Crippen molar-refractivity contribution in [1.82, 2.24) is 9.13 Å². The van der Waals surface area contributed by atoms with E-state index in [9.17, 15) is 14.7 Å². The quantitative estimate of drug-likeness (QED) is 0.527. The molecule has 2 atom stereocenters. The van der Waals surface area contributed by atoms with Crippen molar-refractivity contribution in [1.29, 1.82) is 0 Å². The highest BCUT2D eigenvalue weighted by atomic mass is 32.1. The second-order valence-corrected chi connectivity index (χ2v) is 8.01. The lowest BCUT2D eigenvalue weighted by Gasteiger charge is -2.32. The molecule has 9 nitrogen and oxygen atoms in total. The van der Waals surface area contributed by atoms with Gasteiger partial charge in [0.2, 0.25) is 18.4 Å². The van der Waals surface area contributed by atoms with Crippen LogP contribution in [-0.2, 0) is 20.5 Å². The zero-order chi connectivity index (χ0) is 21.7. The molecular weight excluding hydrogens is 410 g/mol. The summed E-state index contributed by atoms with van der Waals surface area (Å²) in [5.74, 6) is 0.856. The molecule has 1 aromatic carbocycles. The molecule has 2 N–H and O–H groups in total. The number of ether oxygens (including phenoxy) is 3. The Morgan fingerprint density at radius 1 is 1.37 bits per heavy atom. The number of Topliss-reactive ketones (excluding diaryl/α,β-unsaturated/α-hetero) is 1. The van der Waals surface area contributed by atoms with Gasteiger partial charge < -0.3 is 24.2 Å². The number of quaternary nitrogens is 1. The number of hydrogen-bond donors (Lipinski definition) is 2. The van der Waals surface area contributed by atoms with Crippen LogP contribution in [0.1, 0.15) is 33.9 Å². The van der Waals surface area contributed by atoms with Gasteiger partial charge in [-0.2, -0.15) is 0 Å². The number of aromatic hydroxyl groups is 1. The number of nitrogens with zero attached hydrogens (tertiary/aromatic N) is 2. The first-order valence-electron chi connectivity index (χ1n) is 9.60. The number of ketones is 1. The number of carbonyl (C=O) groups excluding carboxylic acids is 1. The fraction of sp³-hybridized carbons (Fsp3) is 0.450. The van der Waals surface area contributed by atoms with E-state index in [1.54, 1.807) is 7.11 Å². The average molecular weight is 434 g/mol. The summed E-state index contributed by atoms with van der Waals surface area (Å²) in [5.41, 5.74) is 1.04. The average Bonchev–Trinajstić information content (AvgIpc) is 3.19. The molecule has 3 heterocycles. The molecular formula is C20H24N3O6S+. The van der Waals surface area contributed by atoms with E-state index in [2.05, 4.69) is 0 Å². The topological polar surface area (TPSA) is 96.4 Å². The lowest BCUT2D eigenvalue weighted by Crippen LogP contribution is -3.10. The third-order valence-electron chi connectivity index (χ3n) is 5.98. The second-order valence-electron chi connectivity index (χ2n) is 7.65. The third-order valence-corrected chi connectivity index (χ3v) is 6.53. The molecule has 1 unspecified atom stereocenters. The molecule has 0 bridgehead atoms. The van der Waals surface area contributed by atoms with E-state index in [-0.39, 0.29) is 29.6 Å². The molecule has 2 aliphatic rings. The van der Waals surface area contributed by atoms with Crippen molar-refractivity contribution >= 4 is 18.0 Å². The summed E-state index contributed by atoms with van der Waals surface area (Å²) in [6.07, 6.45) is 0.819. The number of rotatable bonds is 4. The maximum absolute atomic E-state index is 13.2. The van der Waals surface area contributed by atoms with Gasteiger partial charge in [-0.3, -0.25) is 18.7 Å². The molecule has 0 saturated carbocycles. The number of hydrogen-bond acceptors (Lipinski definition) is 7. The van der Waals surface area contributed by atoms with Crippen LogP contribution in [0, 0.1) is 4.77 Å². The van der Waals surface area contributed by atoms with Crippen LogP contribution in [0.25, 0.3) is 0 Å². The van der Waals surface area contributed by atoms with Crippen LogP contribution in [0.5, 0.6) is 23.1 Å². The first kappa shape index (κ1) is 20.4. The normalized spacial score (nSPS) is 19.5. The monoisotopic (exact) mass is 434 g/mol. The maximum atomic E-state index is 13.2. The minimum Gasteiger partial charge on any atom is -0.494 e. The third kappa shape index (κ3) is 2.98. The molecule has 0 spiro atoms. The van der Waals surface area contributed by atoms with Crippen molar-refractivity contribution in [3.63, 3.8) is 0 Å². The summed E-state index contributed by atoms with van der Waals surface area (Å²) in [7, 11) is 6.56. The Labute approximate surface area is 178 Å². The highest BCUT2D eigenvalue weighted by Crippen LogP contribution is 2.47. The van der Waals surface area contributed by atoms with Gasteiger partial charge >= 0.3 is 0 Å². The van der Waals surface area contributed by atoms with Crippen molar-refractivity contribution in [2.45, 2.75) is 18.9 Å². The number of aromatic nitrogens is 2. The van der Waals surface area contributed by atoms with Gasteiger partial charge in [0, 0.05) is 20.5 Å². The summed E-state index contributed by atoms with van der Waals surface area (Å²) in [6.45, 7) is 0.922. The van der Waals surface area contributed by atoms with Crippen LogP contribution in [0.2, 0.25) is 0 Å². The summed E-state index contributed by atoms with van der Waals surface area (Å²) >= 11 is 5.13. The van der Waals surface area contributed by atoms with Crippen molar-refractivity contribution in [3.05, 3.63) is 37.9 Å². The van der Waals surface area contributed by atoms with Crippen LogP contribution < -0.4 is 24.7 Å². The number of benzene rings is 1. The lowest BCUT2D eigenvalue weighted by atomic mass is 9.87. The zero-order valence-electron chi connectivity index (χ0n) is 17.3. The molecule has 0 radical (unpaired) electrons. The summed E-state index contributed by atoms with van der Waals surface area (Å²) in [5, 5.41) is 10.5. The largest absolute Gasteiger partial charge is 0.494 e. The number of methoxy groups -OCH3 is 1. The van der Waals surface area contributed by atoms with E-state index < -0.39 is 17.2 Å². The van der Waals surface area contributed by atoms with E-state index in [4.69, 9.17) is 26.4 Å². The highest BCUT2D eigenvalue weighted by molar-refractivity contribution is 7.71.